The molecule has 0 atom stereocenters. The number of amides is 2. The van der Waals surface area contributed by atoms with Crippen LogP contribution in [-0.2, 0) is 20.2 Å². The molecule has 0 rings (SSSR count). The predicted molar refractivity (Wildman–Crippen MR) is 48.7 cm³/mol. The molecular formula is C3H12N2O7S2. The summed E-state index contributed by atoms with van der Waals surface area (Å²) in [7, 11) is -7.33. The first-order valence-corrected chi connectivity index (χ1v) is 6.33. The number of hydrogen-bond acceptors (Lipinski definition) is 5. The normalized spacial score (nSPS) is 10.0. The molecule has 0 aromatic carbocycles. The highest BCUT2D eigenvalue weighted by atomic mass is 32.2. The van der Waals surface area contributed by atoms with Crippen LogP contribution in [0, 0.1) is 0 Å². The van der Waals surface area contributed by atoms with Gasteiger partial charge in [0.1, 0.15) is 0 Å². The zero-order chi connectivity index (χ0) is 12.6. The van der Waals surface area contributed by atoms with Crippen molar-refractivity contribution in [2.24, 2.45) is 11.5 Å². The highest BCUT2D eigenvalue weighted by Gasteiger charge is 1.81. The van der Waals surface area contributed by atoms with E-state index in [0.717, 1.165) is 0 Å². The van der Waals surface area contributed by atoms with Crippen LogP contribution < -0.4 is 11.5 Å². The third-order valence-corrected chi connectivity index (χ3v) is 0. The Morgan fingerprint density at radius 3 is 0.929 bits per heavy atom. The molecule has 0 aliphatic heterocycles. The Kier molecular flexibility index (Phi) is 10.1. The van der Waals surface area contributed by atoms with Crippen LogP contribution in [0.4, 0.5) is 4.79 Å². The van der Waals surface area contributed by atoms with Gasteiger partial charge in [0, 0.05) is 0 Å². The van der Waals surface area contributed by atoms with Crippen molar-refractivity contribution in [2.75, 3.05) is 12.5 Å². The van der Waals surface area contributed by atoms with Crippen molar-refractivity contribution in [1.29, 1.82) is 0 Å². The predicted octanol–water partition coefficient (Wildman–Crippen LogP) is -1.97. The van der Waals surface area contributed by atoms with E-state index in [1.165, 1.54) is 0 Å². The molecule has 0 fully saturated rings. The number of carbonyl (C=O) groups excluding carboxylic acids is 1. The lowest BCUT2D eigenvalue weighted by Gasteiger charge is -1.69. The van der Waals surface area contributed by atoms with Gasteiger partial charge >= 0.3 is 6.03 Å². The van der Waals surface area contributed by atoms with Gasteiger partial charge < -0.3 is 11.5 Å². The number of hydrogen-bond donors (Lipinski definition) is 4. The standard InChI is InChI=1S/CH4N2O.2CH4O3S/c2-1(3)4;2*1-5(2,3)4/h(H4,2,3,4);2*1H3,(H,2,3,4). The molecule has 0 bridgehead atoms. The number of carbonyl (C=O) groups is 1. The highest BCUT2D eigenvalue weighted by Crippen LogP contribution is 1.60. The Balaban J connectivity index is -0.000000131. The molecule has 0 aliphatic carbocycles. The van der Waals surface area contributed by atoms with Crippen LogP contribution in [0.15, 0.2) is 0 Å². The van der Waals surface area contributed by atoms with E-state index in [-0.39, 0.29) is 0 Å². The van der Waals surface area contributed by atoms with Crippen LogP contribution in [0.25, 0.3) is 0 Å². The van der Waals surface area contributed by atoms with E-state index >= 15 is 0 Å². The molecule has 0 spiro atoms. The van der Waals surface area contributed by atoms with Crippen LogP contribution in [0.3, 0.4) is 0 Å². The fraction of sp³-hybridized carbons (Fsp3) is 0.667. The van der Waals surface area contributed by atoms with Crippen molar-refractivity contribution < 1.29 is 30.7 Å². The zero-order valence-corrected chi connectivity index (χ0v) is 9.04. The Bertz CT molecular complexity index is 291. The maximum Gasteiger partial charge on any atom is 0.309 e. The summed E-state index contributed by atoms with van der Waals surface area (Å²) >= 11 is 0. The van der Waals surface area contributed by atoms with Crippen molar-refractivity contribution in [1.82, 2.24) is 0 Å². The van der Waals surface area contributed by atoms with E-state index in [1.54, 1.807) is 0 Å². The van der Waals surface area contributed by atoms with Gasteiger partial charge in [0.15, 0.2) is 0 Å². The first-order chi connectivity index (χ1) is 5.73. The van der Waals surface area contributed by atoms with Crippen molar-refractivity contribution >= 4 is 26.3 Å². The summed E-state index contributed by atoms with van der Waals surface area (Å²) in [6, 6.07) is -0.833. The summed E-state index contributed by atoms with van der Waals surface area (Å²) in [4.78, 5) is 9.00. The van der Waals surface area contributed by atoms with Crippen LogP contribution in [0.1, 0.15) is 0 Å². The van der Waals surface area contributed by atoms with Gasteiger partial charge in [-0.2, -0.15) is 16.8 Å². The quantitative estimate of drug-likeness (QED) is 0.361. The first kappa shape index (κ1) is 18.8. The maximum absolute atomic E-state index is 9.19. The molecule has 11 heteroatoms. The fourth-order valence-electron chi connectivity index (χ4n) is 0. The molecule has 0 aliphatic rings. The summed E-state index contributed by atoms with van der Waals surface area (Å²) in [5.74, 6) is 0. The first-order valence-electron chi connectivity index (χ1n) is 2.63. The van der Waals surface area contributed by atoms with E-state index < -0.39 is 26.3 Å². The van der Waals surface area contributed by atoms with E-state index in [9.17, 15) is 16.8 Å². The van der Waals surface area contributed by atoms with Crippen LogP contribution in [0.5, 0.6) is 0 Å². The molecule has 0 aromatic heterocycles. The van der Waals surface area contributed by atoms with E-state index in [2.05, 4.69) is 11.5 Å². The second kappa shape index (κ2) is 7.49. The molecule has 0 unspecified atom stereocenters. The second-order valence-corrected chi connectivity index (χ2v) is 4.80. The summed E-state index contributed by atoms with van der Waals surface area (Å²) < 4.78 is 51.7. The van der Waals surface area contributed by atoms with Crippen molar-refractivity contribution in [3.05, 3.63) is 0 Å². The van der Waals surface area contributed by atoms with Gasteiger partial charge in [-0.25, -0.2) is 4.79 Å². The lowest BCUT2D eigenvalue weighted by molar-refractivity contribution is 0.256. The number of primary amides is 2. The van der Waals surface area contributed by atoms with Gasteiger partial charge in [-0.1, -0.05) is 0 Å². The van der Waals surface area contributed by atoms with Gasteiger partial charge in [0.25, 0.3) is 20.2 Å². The summed E-state index contributed by atoms with van der Waals surface area (Å²) in [6.45, 7) is 0. The van der Waals surface area contributed by atoms with Gasteiger partial charge in [-0.3, -0.25) is 9.11 Å². The Morgan fingerprint density at radius 2 is 0.929 bits per heavy atom. The summed E-state index contributed by atoms with van der Waals surface area (Å²) in [5, 5.41) is 0. The van der Waals surface area contributed by atoms with Crippen molar-refractivity contribution in [2.45, 2.75) is 0 Å². The van der Waals surface area contributed by atoms with Crippen molar-refractivity contribution in [3.63, 3.8) is 0 Å². The van der Waals surface area contributed by atoms with Gasteiger partial charge in [0.05, 0.1) is 12.5 Å². The molecule has 14 heavy (non-hydrogen) atoms. The molecule has 0 heterocycles. The Morgan fingerprint density at radius 1 is 0.929 bits per heavy atom. The van der Waals surface area contributed by atoms with E-state index in [1.807, 2.05) is 0 Å². The molecule has 0 radical (unpaired) electrons. The maximum atomic E-state index is 9.19. The Labute approximate surface area is 81.6 Å². The minimum atomic E-state index is -3.67. The van der Waals surface area contributed by atoms with Crippen molar-refractivity contribution in [3.8, 4) is 0 Å². The van der Waals surface area contributed by atoms with E-state index in [0.29, 0.717) is 12.5 Å². The molecule has 0 saturated carbocycles. The topological polar surface area (TPSA) is 178 Å². The highest BCUT2D eigenvalue weighted by molar-refractivity contribution is 7.85. The summed E-state index contributed by atoms with van der Waals surface area (Å²) in [5.41, 5.74) is 8.50. The average Bonchev–Trinajstić information content (AvgIpc) is 1.45. The third kappa shape index (κ3) is 1360. The van der Waals surface area contributed by atoms with Gasteiger partial charge in [0.2, 0.25) is 0 Å². The molecule has 0 aromatic rings. The third-order valence-electron chi connectivity index (χ3n) is 0. The minimum absolute atomic E-state index is 0.715. The van der Waals surface area contributed by atoms with Crippen LogP contribution in [-0.4, -0.2) is 44.5 Å². The van der Waals surface area contributed by atoms with Gasteiger partial charge in [-0.05, 0) is 0 Å². The number of urea groups is 1. The Hall–Kier alpha value is -0.910. The SMILES string of the molecule is CS(=O)(=O)O.CS(=O)(=O)O.NC(N)=O. The number of rotatable bonds is 0. The molecule has 6 N–H and O–H groups in total. The zero-order valence-electron chi connectivity index (χ0n) is 7.41. The second-order valence-electron chi connectivity index (χ2n) is 1.87. The van der Waals surface area contributed by atoms with E-state index in [4.69, 9.17) is 13.9 Å². The average molecular weight is 252 g/mol. The molecule has 88 valence electrons. The smallest absolute Gasteiger partial charge is 0.309 e. The number of nitrogens with two attached hydrogens (primary N) is 2. The summed E-state index contributed by atoms with van der Waals surface area (Å²) in [6.07, 6.45) is 1.43. The molecule has 9 nitrogen and oxygen atoms in total. The molecular weight excluding hydrogens is 240 g/mol. The van der Waals surface area contributed by atoms with Crippen LogP contribution >= 0.6 is 0 Å². The minimum Gasteiger partial charge on any atom is -0.352 e. The molecule has 2 amide bonds. The largest absolute Gasteiger partial charge is 0.352 e. The van der Waals surface area contributed by atoms with Gasteiger partial charge in [-0.15, -0.1) is 0 Å². The lowest BCUT2D eigenvalue weighted by Crippen LogP contribution is -2.18. The fourth-order valence-corrected chi connectivity index (χ4v) is 0. The lowest BCUT2D eigenvalue weighted by atomic mass is 11.2. The van der Waals surface area contributed by atoms with Crippen LogP contribution in [0.2, 0.25) is 0 Å². The molecule has 0 saturated heterocycles. The monoisotopic (exact) mass is 252 g/mol.